The Kier molecular flexibility index (Phi) is 3.90. The number of nitrogens with zero attached hydrogens (tertiary/aromatic N) is 2. The maximum Gasteiger partial charge on any atom is 0.257 e. The number of aryl methyl sites for hydroxylation is 1. The monoisotopic (exact) mass is 282 g/mol. The molecule has 6 heteroatoms. The lowest BCUT2D eigenvalue weighted by Gasteiger charge is -2.16. The fourth-order valence-electron chi connectivity index (χ4n) is 1.66. The van der Waals surface area contributed by atoms with E-state index in [4.69, 9.17) is 0 Å². The van der Waals surface area contributed by atoms with Crippen LogP contribution in [-0.4, -0.2) is 22.8 Å². The Bertz CT molecular complexity index is 612. The number of carbonyl (C=O) groups excluding carboxylic acids is 1. The molecule has 0 atom stereocenters. The van der Waals surface area contributed by atoms with Crippen molar-refractivity contribution in [1.82, 2.24) is 9.88 Å². The second-order valence-electron chi connectivity index (χ2n) is 4.11. The number of hydrogen-bond donors (Lipinski definition) is 0. The summed E-state index contributed by atoms with van der Waals surface area (Å²) in [5, 5.41) is 0.896. The van der Waals surface area contributed by atoms with Gasteiger partial charge in [-0.05, 0) is 19.1 Å². The van der Waals surface area contributed by atoms with Gasteiger partial charge in [-0.25, -0.2) is 13.8 Å². The molecule has 0 fully saturated rings. The molecule has 100 valence electrons. The molecule has 0 aliphatic carbocycles. The van der Waals surface area contributed by atoms with Gasteiger partial charge in [-0.2, -0.15) is 0 Å². The second kappa shape index (κ2) is 5.44. The van der Waals surface area contributed by atoms with E-state index in [2.05, 4.69) is 4.98 Å². The Balaban J connectivity index is 2.17. The first-order valence-corrected chi connectivity index (χ1v) is 6.41. The third kappa shape index (κ3) is 2.96. The van der Waals surface area contributed by atoms with Gasteiger partial charge < -0.3 is 4.90 Å². The van der Waals surface area contributed by atoms with Crippen LogP contribution in [0.3, 0.4) is 0 Å². The summed E-state index contributed by atoms with van der Waals surface area (Å²) in [6.07, 6.45) is 1.67. The van der Waals surface area contributed by atoms with Crippen molar-refractivity contribution in [2.45, 2.75) is 13.5 Å². The van der Waals surface area contributed by atoms with Gasteiger partial charge in [-0.3, -0.25) is 4.79 Å². The first-order valence-electron chi connectivity index (χ1n) is 5.60. The summed E-state index contributed by atoms with van der Waals surface area (Å²) in [7, 11) is 1.54. The van der Waals surface area contributed by atoms with Gasteiger partial charge in [-0.15, -0.1) is 11.3 Å². The summed E-state index contributed by atoms with van der Waals surface area (Å²) in [5.41, 5.74) is -0.260. The number of benzene rings is 1. The summed E-state index contributed by atoms with van der Waals surface area (Å²) in [6, 6.07) is 3.57. The summed E-state index contributed by atoms with van der Waals surface area (Å²) in [5.74, 6) is -2.68. The molecule has 0 aliphatic heterocycles. The first kappa shape index (κ1) is 13.6. The van der Waals surface area contributed by atoms with Gasteiger partial charge in [0.25, 0.3) is 5.91 Å². The number of rotatable bonds is 3. The van der Waals surface area contributed by atoms with Crippen LogP contribution in [0.25, 0.3) is 0 Å². The zero-order chi connectivity index (χ0) is 14.0. The molecular formula is C13H12F2N2OS. The Morgan fingerprint density at radius 3 is 2.79 bits per heavy atom. The number of aromatic nitrogens is 1. The van der Waals surface area contributed by atoms with Gasteiger partial charge in [0, 0.05) is 18.1 Å². The van der Waals surface area contributed by atoms with E-state index in [0.717, 1.165) is 16.0 Å². The van der Waals surface area contributed by atoms with Crippen molar-refractivity contribution in [2.75, 3.05) is 7.05 Å². The molecular weight excluding hydrogens is 270 g/mol. The molecule has 0 bridgehead atoms. The van der Waals surface area contributed by atoms with Crippen molar-refractivity contribution in [2.24, 2.45) is 0 Å². The Hall–Kier alpha value is -1.82. The van der Waals surface area contributed by atoms with Crippen LogP contribution in [0, 0.1) is 18.6 Å². The molecule has 1 heterocycles. The highest BCUT2D eigenvalue weighted by Gasteiger charge is 2.19. The first-order chi connectivity index (χ1) is 8.99. The van der Waals surface area contributed by atoms with Gasteiger partial charge in [-0.1, -0.05) is 6.07 Å². The largest absolute Gasteiger partial charge is 0.336 e. The van der Waals surface area contributed by atoms with Crippen LogP contribution in [0.15, 0.2) is 24.4 Å². The van der Waals surface area contributed by atoms with Gasteiger partial charge in [0.15, 0.2) is 11.6 Å². The normalized spacial score (nSPS) is 10.5. The summed E-state index contributed by atoms with van der Waals surface area (Å²) < 4.78 is 26.6. The average molecular weight is 282 g/mol. The molecule has 3 nitrogen and oxygen atoms in total. The summed E-state index contributed by atoms with van der Waals surface area (Å²) in [4.78, 5) is 18.3. The zero-order valence-corrected chi connectivity index (χ0v) is 11.3. The smallest absolute Gasteiger partial charge is 0.257 e. The van der Waals surface area contributed by atoms with E-state index in [-0.39, 0.29) is 5.56 Å². The van der Waals surface area contributed by atoms with Crippen molar-refractivity contribution in [1.29, 1.82) is 0 Å². The summed E-state index contributed by atoms with van der Waals surface area (Å²) >= 11 is 1.46. The molecule has 2 aromatic rings. The van der Waals surface area contributed by atoms with Crippen LogP contribution in [0.5, 0.6) is 0 Å². The minimum Gasteiger partial charge on any atom is -0.336 e. The maximum atomic E-state index is 13.5. The lowest BCUT2D eigenvalue weighted by atomic mass is 10.2. The summed E-state index contributed by atoms with van der Waals surface area (Å²) in [6.45, 7) is 2.18. The van der Waals surface area contributed by atoms with Gasteiger partial charge in [0.2, 0.25) is 0 Å². The zero-order valence-electron chi connectivity index (χ0n) is 10.5. The predicted octanol–water partition coefficient (Wildman–Crippen LogP) is 3.00. The van der Waals surface area contributed by atoms with Crippen LogP contribution in [0.4, 0.5) is 8.78 Å². The van der Waals surface area contributed by atoms with Crippen LogP contribution < -0.4 is 0 Å². The Labute approximate surface area is 113 Å². The molecule has 2 rings (SSSR count). The fraction of sp³-hybridized carbons (Fsp3) is 0.231. The quantitative estimate of drug-likeness (QED) is 0.867. The van der Waals surface area contributed by atoms with Crippen molar-refractivity contribution >= 4 is 17.2 Å². The molecule has 19 heavy (non-hydrogen) atoms. The van der Waals surface area contributed by atoms with E-state index in [9.17, 15) is 13.6 Å². The lowest BCUT2D eigenvalue weighted by Crippen LogP contribution is -2.26. The van der Waals surface area contributed by atoms with E-state index >= 15 is 0 Å². The van der Waals surface area contributed by atoms with Crippen LogP contribution in [0.2, 0.25) is 0 Å². The molecule has 1 aromatic carbocycles. The molecule has 0 radical (unpaired) electrons. The number of halogens is 2. The predicted molar refractivity (Wildman–Crippen MR) is 69.0 cm³/mol. The number of hydrogen-bond acceptors (Lipinski definition) is 3. The van der Waals surface area contributed by atoms with Gasteiger partial charge in [0.1, 0.15) is 0 Å². The number of carbonyl (C=O) groups is 1. The van der Waals surface area contributed by atoms with E-state index in [1.54, 1.807) is 13.2 Å². The topological polar surface area (TPSA) is 33.2 Å². The van der Waals surface area contributed by atoms with Crippen LogP contribution in [-0.2, 0) is 6.54 Å². The molecule has 0 unspecified atom stereocenters. The highest BCUT2D eigenvalue weighted by atomic mass is 32.1. The van der Waals surface area contributed by atoms with Crippen molar-refractivity contribution in [3.63, 3.8) is 0 Å². The van der Waals surface area contributed by atoms with E-state index in [0.29, 0.717) is 6.54 Å². The lowest BCUT2D eigenvalue weighted by molar-refractivity contribution is 0.0780. The van der Waals surface area contributed by atoms with E-state index < -0.39 is 17.5 Å². The molecule has 1 amide bonds. The molecule has 0 saturated carbocycles. The minimum atomic E-state index is -1.11. The highest BCUT2D eigenvalue weighted by Crippen LogP contribution is 2.17. The SMILES string of the molecule is Cc1ncc(CN(C)C(=O)c2cccc(F)c2F)s1. The average Bonchev–Trinajstić information content (AvgIpc) is 2.77. The molecule has 0 saturated heterocycles. The highest BCUT2D eigenvalue weighted by molar-refractivity contribution is 7.11. The Morgan fingerprint density at radius 1 is 1.42 bits per heavy atom. The molecule has 1 aromatic heterocycles. The number of thiazole rings is 1. The van der Waals surface area contributed by atoms with Gasteiger partial charge in [0.05, 0.1) is 17.1 Å². The van der Waals surface area contributed by atoms with E-state index in [1.165, 1.54) is 28.4 Å². The molecule has 0 spiro atoms. The standard InChI is InChI=1S/C13H12F2N2OS/c1-8-16-6-9(19-8)7-17(2)13(18)10-4-3-5-11(14)12(10)15/h3-6H,7H2,1-2H3. The van der Waals surface area contributed by atoms with Crippen LogP contribution >= 0.6 is 11.3 Å². The van der Waals surface area contributed by atoms with E-state index in [1.807, 2.05) is 6.92 Å². The fourth-order valence-corrected chi connectivity index (χ4v) is 2.51. The number of amides is 1. The third-order valence-electron chi connectivity index (χ3n) is 2.59. The van der Waals surface area contributed by atoms with Crippen molar-refractivity contribution in [3.8, 4) is 0 Å². The van der Waals surface area contributed by atoms with Gasteiger partial charge >= 0.3 is 0 Å². The molecule has 0 N–H and O–H groups in total. The second-order valence-corrected chi connectivity index (χ2v) is 5.43. The van der Waals surface area contributed by atoms with Crippen molar-refractivity contribution in [3.05, 3.63) is 51.5 Å². The van der Waals surface area contributed by atoms with Crippen LogP contribution in [0.1, 0.15) is 20.2 Å². The minimum absolute atomic E-state index is 0.260. The van der Waals surface area contributed by atoms with Crippen molar-refractivity contribution < 1.29 is 13.6 Å². The maximum absolute atomic E-state index is 13.5. The Morgan fingerprint density at radius 2 is 2.16 bits per heavy atom. The molecule has 0 aliphatic rings. The third-order valence-corrected chi connectivity index (χ3v) is 3.49.